The highest BCUT2D eigenvalue weighted by atomic mass is 32.2. The zero-order chi connectivity index (χ0) is 31.0. The molecule has 0 atom stereocenters. The number of carbonyl (C=O) groups is 3. The molecule has 4 aromatic rings. The van der Waals surface area contributed by atoms with Gasteiger partial charge in [0.2, 0.25) is 29.5 Å². The van der Waals surface area contributed by atoms with Crippen LogP contribution in [-0.2, 0) is 29.5 Å². The predicted molar refractivity (Wildman–Crippen MR) is 143 cm³/mol. The summed E-state index contributed by atoms with van der Waals surface area (Å²) in [5.41, 5.74) is -0.700. The molecule has 0 unspecified atom stereocenters. The molecule has 0 saturated carbocycles. The molecule has 0 saturated heterocycles. The Morgan fingerprint density at radius 3 is 0.714 bits per heavy atom. The van der Waals surface area contributed by atoms with E-state index in [0.29, 0.717) is 0 Å². The van der Waals surface area contributed by atoms with Gasteiger partial charge >= 0.3 is 17.9 Å². The van der Waals surface area contributed by atoms with Gasteiger partial charge in [-0.1, -0.05) is 0 Å². The minimum Gasteiger partial charge on any atom is -0.478 e. The number of sulfone groups is 3. The monoisotopic (exact) mass is 630 g/mol. The molecule has 0 aliphatic carbocycles. The van der Waals surface area contributed by atoms with E-state index in [1.807, 2.05) is 0 Å². The third kappa shape index (κ3) is 5.65. The van der Waals surface area contributed by atoms with E-state index >= 15 is 0 Å². The molecule has 3 N–H and O–H groups in total. The molecule has 216 valence electrons. The second-order valence-corrected chi connectivity index (χ2v) is 14.5. The maximum absolute atomic E-state index is 13.5. The van der Waals surface area contributed by atoms with Crippen LogP contribution in [0.5, 0.6) is 0 Å². The Bertz CT molecular complexity index is 1810. The van der Waals surface area contributed by atoms with E-state index in [2.05, 4.69) is 0 Å². The molecular formula is C27H18O12S3. The lowest BCUT2D eigenvalue weighted by molar-refractivity contribution is 0.0686. The highest BCUT2D eigenvalue weighted by molar-refractivity contribution is 7.93. The summed E-state index contributed by atoms with van der Waals surface area (Å²) in [5, 5.41) is 27.3. The van der Waals surface area contributed by atoms with Crippen LogP contribution in [0.4, 0.5) is 0 Å². The van der Waals surface area contributed by atoms with Crippen molar-refractivity contribution in [2.45, 2.75) is 29.4 Å². The zero-order valence-corrected chi connectivity index (χ0v) is 23.4. The van der Waals surface area contributed by atoms with Crippen molar-refractivity contribution < 1.29 is 55.0 Å². The van der Waals surface area contributed by atoms with Crippen LogP contribution in [0.15, 0.2) is 120 Å². The van der Waals surface area contributed by atoms with Crippen molar-refractivity contribution in [3.05, 3.63) is 108 Å². The van der Waals surface area contributed by atoms with Crippen LogP contribution in [0.1, 0.15) is 31.1 Å². The van der Waals surface area contributed by atoms with Gasteiger partial charge in [0.05, 0.1) is 46.1 Å². The minimum absolute atomic E-state index is 0.233. The van der Waals surface area contributed by atoms with Crippen LogP contribution >= 0.6 is 0 Å². The predicted octanol–water partition coefficient (Wildman–Crippen LogP) is 3.28. The number of benzene rings is 4. The third-order valence-electron chi connectivity index (χ3n) is 6.02. The van der Waals surface area contributed by atoms with E-state index in [1.54, 1.807) is 0 Å². The Kier molecular flexibility index (Phi) is 7.78. The third-order valence-corrected chi connectivity index (χ3v) is 11.3. The van der Waals surface area contributed by atoms with E-state index < -0.39 is 76.8 Å². The summed E-state index contributed by atoms with van der Waals surface area (Å²) < 4.78 is 81.1. The molecule has 0 heterocycles. The second-order valence-electron chi connectivity index (χ2n) is 8.64. The Balaban J connectivity index is 1.95. The fourth-order valence-electron chi connectivity index (χ4n) is 3.75. The van der Waals surface area contributed by atoms with Gasteiger partial charge in [-0.05, 0) is 91.0 Å². The molecule has 0 amide bonds. The van der Waals surface area contributed by atoms with Crippen LogP contribution in [0, 0.1) is 0 Å². The fourth-order valence-corrected chi connectivity index (χ4v) is 7.97. The highest BCUT2D eigenvalue weighted by Gasteiger charge is 2.29. The van der Waals surface area contributed by atoms with Crippen LogP contribution in [0.2, 0.25) is 0 Å². The summed E-state index contributed by atoms with van der Waals surface area (Å²) >= 11 is 0. The largest absolute Gasteiger partial charge is 0.478 e. The molecule has 0 aliphatic rings. The van der Waals surface area contributed by atoms with Crippen molar-refractivity contribution in [3.8, 4) is 0 Å². The number of carboxylic acids is 3. The molecule has 15 heteroatoms. The van der Waals surface area contributed by atoms with Gasteiger partial charge in [0, 0.05) is 0 Å². The van der Waals surface area contributed by atoms with E-state index in [0.717, 1.165) is 91.0 Å². The van der Waals surface area contributed by atoms with Crippen LogP contribution in [-0.4, -0.2) is 58.5 Å². The normalized spacial score (nSPS) is 12.0. The lowest BCUT2D eigenvalue weighted by Gasteiger charge is -2.13. The standard InChI is InChI=1S/C27H18O12S3/c28-25(29)16-1-7-19(8-2-16)40(34,35)22-13-23(41(36,37)20-9-3-17(4-10-20)26(30)31)15-24(14-22)42(38,39)21-11-5-18(6-12-21)27(32)33/h1-15H,(H,28,29)(H,30,31)(H,32,33). The number of carboxylic acid groups (broad SMARTS) is 3. The number of aromatic carboxylic acids is 3. The first-order chi connectivity index (χ1) is 19.5. The number of hydrogen-bond acceptors (Lipinski definition) is 9. The lowest BCUT2D eigenvalue weighted by atomic mass is 10.2. The van der Waals surface area contributed by atoms with Gasteiger partial charge in [0.15, 0.2) is 0 Å². The number of hydrogen-bond donors (Lipinski definition) is 3. The van der Waals surface area contributed by atoms with Crippen molar-refractivity contribution in [2.75, 3.05) is 0 Å². The zero-order valence-electron chi connectivity index (χ0n) is 20.9. The van der Waals surface area contributed by atoms with Crippen molar-refractivity contribution in [3.63, 3.8) is 0 Å². The molecule has 0 bridgehead atoms. The first-order valence-corrected chi connectivity index (χ1v) is 15.9. The summed E-state index contributed by atoms with van der Waals surface area (Å²) in [5.74, 6) is -3.99. The fraction of sp³-hybridized carbons (Fsp3) is 0. The van der Waals surface area contributed by atoms with Crippen molar-refractivity contribution in [1.82, 2.24) is 0 Å². The highest BCUT2D eigenvalue weighted by Crippen LogP contribution is 2.32. The minimum atomic E-state index is -4.62. The van der Waals surface area contributed by atoms with E-state index in [4.69, 9.17) is 15.3 Å². The topological polar surface area (TPSA) is 214 Å². The molecule has 12 nitrogen and oxygen atoms in total. The summed E-state index contributed by atoms with van der Waals surface area (Å²) in [7, 11) is -13.9. The average Bonchev–Trinajstić information content (AvgIpc) is 2.97. The van der Waals surface area contributed by atoms with Gasteiger partial charge in [0.25, 0.3) is 0 Å². The Labute approximate surface area is 238 Å². The molecule has 0 fully saturated rings. The smallest absolute Gasteiger partial charge is 0.335 e. The van der Waals surface area contributed by atoms with Crippen LogP contribution < -0.4 is 0 Å². The van der Waals surface area contributed by atoms with Gasteiger partial charge in [-0.25, -0.2) is 39.6 Å². The Hall–Kier alpha value is -4.86. The molecule has 0 spiro atoms. The van der Waals surface area contributed by atoms with Crippen LogP contribution in [0.3, 0.4) is 0 Å². The van der Waals surface area contributed by atoms with Crippen molar-refractivity contribution in [1.29, 1.82) is 0 Å². The van der Waals surface area contributed by atoms with Gasteiger partial charge in [-0.15, -0.1) is 0 Å². The van der Waals surface area contributed by atoms with Crippen molar-refractivity contribution >= 4 is 47.4 Å². The van der Waals surface area contributed by atoms with E-state index in [-0.39, 0.29) is 16.7 Å². The Morgan fingerprint density at radius 2 is 0.548 bits per heavy atom. The lowest BCUT2D eigenvalue weighted by Crippen LogP contribution is -2.11. The molecule has 0 aromatic heterocycles. The summed E-state index contributed by atoms with van der Waals surface area (Å²) in [6, 6.07) is 14.0. The molecule has 42 heavy (non-hydrogen) atoms. The molecule has 4 rings (SSSR count). The van der Waals surface area contributed by atoms with Crippen LogP contribution in [0.25, 0.3) is 0 Å². The average molecular weight is 631 g/mol. The second kappa shape index (κ2) is 10.8. The molecule has 4 aromatic carbocycles. The maximum Gasteiger partial charge on any atom is 0.335 e. The Morgan fingerprint density at radius 1 is 0.357 bits per heavy atom. The van der Waals surface area contributed by atoms with Gasteiger partial charge in [-0.3, -0.25) is 0 Å². The molecular weight excluding hydrogens is 612 g/mol. The summed E-state index contributed by atoms with van der Waals surface area (Å²) in [6.07, 6.45) is 0. The quantitative estimate of drug-likeness (QED) is 0.243. The molecule has 0 aliphatic heterocycles. The van der Waals surface area contributed by atoms with E-state index in [1.165, 1.54) is 0 Å². The maximum atomic E-state index is 13.5. The summed E-state index contributed by atoms with van der Waals surface area (Å²) in [6.45, 7) is 0. The van der Waals surface area contributed by atoms with Gasteiger partial charge in [-0.2, -0.15) is 0 Å². The summed E-state index contributed by atoms with van der Waals surface area (Å²) in [4.78, 5) is 29.9. The van der Waals surface area contributed by atoms with Gasteiger partial charge in [0.1, 0.15) is 0 Å². The molecule has 0 radical (unpaired) electrons. The van der Waals surface area contributed by atoms with E-state index in [9.17, 15) is 39.6 Å². The first kappa shape index (κ1) is 30.1. The SMILES string of the molecule is O=C(O)c1ccc(S(=O)(=O)c2cc(S(=O)(=O)c3ccc(C(=O)O)cc3)cc(S(=O)(=O)c3ccc(C(=O)O)cc3)c2)cc1. The van der Waals surface area contributed by atoms with Crippen molar-refractivity contribution in [2.24, 2.45) is 0 Å². The first-order valence-electron chi connectivity index (χ1n) is 11.5. The number of rotatable bonds is 9. The van der Waals surface area contributed by atoms with Gasteiger partial charge < -0.3 is 15.3 Å².